The lowest BCUT2D eigenvalue weighted by Gasteiger charge is -2.15. The van der Waals surface area contributed by atoms with Gasteiger partial charge in [0.2, 0.25) is 0 Å². The number of amides is 2. The molecule has 0 bridgehead atoms. The number of aromatic amines is 1. The van der Waals surface area contributed by atoms with Crippen molar-refractivity contribution in [3.05, 3.63) is 76.6 Å². The zero-order valence-electron chi connectivity index (χ0n) is 17.2. The van der Waals surface area contributed by atoms with Crippen molar-refractivity contribution in [2.75, 3.05) is 10.6 Å². The van der Waals surface area contributed by atoms with Crippen molar-refractivity contribution >= 4 is 39.0 Å². The Balaban J connectivity index is 1.41. The summed E-state index contributed by atoms with van der Waals surface area (Å²) in [5.41, 5.74) is 11.7. The van der Waals surface area contributed by atoms with Crippen LogP contribution in [0.5, 0.6) is 0 Å². The van der Waals surface area contributed by atoms with E-state index in [9.17, 15) is 9.59 Å². The molecule has 0 fully saturated rings. The Hall–Kier alpha value is -3.98. The smallest absolute Gasteiger partial charge is 0.274 e. The number of carbonyl (C=O) groups excluding carboxylic acids is 2. The maximum Gasteiger partial charge on any atom is 0.274 e. The highest BCUT2D eigenvalue weighted by molar-refractivity contribution is 7.20. The van der Waals surface area contributed by atoms with E-state index >= 15 is 0 Å². The normalized spacial score (nSPS) is 12.0. The number of benzene rings is 2. The molecule has 4 aromatic rings. The van der Waals surface area contributed by atoms with Crippen molar-refractivity contribution in [3.63, 3.8) is 0 Å². The van der Waals surface area contributed by atoms with Crippen molar-refractivity contribution in [3.8, 4) is 11.3 Å². The largest absolute Gasteiger partial charge is 0.364 e. The van der Waals surface area contributed by atoms with Crippen molar-refractivity contribution in [1.29, 1.82) is 0 Å². The van der Waals surface area contributed by atoms with Crippen LogP contribution in [0.2, 0.25) is 0 Å². The number of anilines is 3. The van der Waals surface area contributed by atoms with Crippen LogP contribution >= 0.6 is 11.3 Å². The minimum Gasteiger partial charge on any atom is -0.364 e. The molecular weight excluding hydrogens is 424 g/mol. The standard InChI is InChI=1S/C23H20N6O2S/c1-12-6-9-14(10-7-12)25-23-26-19(20(24)30)22(32-23)27-21(31)18-16-11-8-13-4-2-3-5-15(13)17(16)28-29-18/h2-7,9-10H,8,11H2,1H3,(H2,24,30)(H,25,26)(H,27,31)(H,28,29). The summed E-state index contributed by atoms with van der Waals surface area (Å²) in [5, 5.41) is 13.9. The molecule has 0 aliphatic heterocycles. The summed E-state index contributed by atoms with van der Waals surface area (Å²) in [6, 6.07) is 15.8. The van der Waals surface area contributed by atoms with Crippen molar-refractivity contribution < 1.29 is 9.59 Å². The first-order chi connectivity index (χ1) is 15.5. The van der Waals surface area contributed by atoms with Gasteiger partial charge in [0.1, 0.15) is 10.7 Å². The molecule has 2 aromatic heterocycles. The fourth-order valence-electron chi connectivity index (χ4n) is 3.80. The molecule has 8 nitrogen and oxygen atoms in total. The Labute approximate surface area is 187 Å². The number of nitrogens with two attached hydrogens (primary N) is 1. The van der Waals surface area contributed by atoms with Crippen LogP contribution in [0.1, 0.15) is 37.7 Å². The molecule has 0 unspecified atom stereocenters. The van der Waals surface area contributed by atoms with Gasteiger partial charge in [-0.05, 0) is 37.5 Å². The second-order valence-electron chi connectivity index (χ2n) is 7.59. The topological polar surface area (TPSA) is 126 Å². The first-order valence-electron chi connectivity index (χ1n) is 10.1. The number of hydrogen-bond donors (Lipinski definition) is 4. The summed E-state index contributed by atoms with van der Waals surface area (Å²) in [4.78, 5) is 29.3. The lowest BCUT2D eigenvalue weighted by Crippen LogP contribution is -2.19. The van der Waals surface area contributed by atoms with Crippen LogP contribution in [0.25, 0.3) is 11.3 Å². The second kappa shape index (κ2) is 7.93. The molecule has 1 aliphatic carbocycles. The molecule has 0 radical (unpaired) electrons. The number of aromatic nitrogens is 3. The summed E-state index contributed by atoms with van der Waals surface area (Å²) in [7, 11) is 0. The summed E-state index contributed by atoms with van der Waals surface area (Å²) < 4.78 is 0. The predicted octanol–water partition coefficient (Wildman–Crippen LogP) is 4.04. The molecule has 2 amide bonds. The minimum atomic E-state index is -0.714. The molecule has 160 valence electrons. The number of carbonyl (C=O) groups is 2. The first kappa shape index (κ1) is 20.0. The van der Waals surface area contributed by atoms with E-state index in [2.05, 4.69) is 31.9 Å². The summed E-state index contributed by atoms with van der Waals surface area (Å²) >= 11 is 1.15. The average Bonchev–Trinajstić information content (AvgIpc) is 3.40. The molecule has 5 N–H and O–H groups in total. The fourth-order valence-corrected chi connectivity index (χ4v) is 4.69. The number of thiazole rings is 1. The molecular formula is C23H20N6O2S. The van der Waals surface area contributed by atoms with Gasteiger partial charge in [-0.2, -0.15) is 5.10 Å². The SMILES string of the molecule is Cc1ccc(Nc2nc(C(N)=O)c(NC(=O)c3[nH]nc4c3CCc3ccccc3-4)s2)cc1. The Kier molecular flexibility index (Phi) is 4.95. The van der Waals surface area contributed by atoms with Crippen LogP contribution in [0.15, 0.2) is 48.5 Å². The molecule has 0 saturated carbocycles. The van der Waals surface area contributed by atoms with Gasteiger partial charge in [0.05, 0.1) is 5.69 Å². The van der Waals surface area contributed by atoms with Gasteiger partial charge in [0.15, 0.2) is 10.8 Å². The number of rotatable bonds is 5. The molecule has 0 saturated heterocycles. The lowest BCUT2D eigenvalue weighted by molar-refractivity contribution is 0.0997. The molecule has 0 atom stereocenters. The van der Waals surface area contributed by atoms with Gasteiger partial charge in [-0.1, -0.05) is 53.3 Å². The molecule has 2 heterocycles. The van der Waals surface area contributed by atoms with Gasteiger partial charge in [-0.15, -0.1) is 0 Å². The maximum absolute atomic E-state index is 13.1. The molecule has 32 heavy (non-hydrogen) atoms. The monoisotopic (exact) mass is 444 g/mol. The second-order valence-corrected chi connectivity index (χ2v) is 8.59. The van der Waals surface area contributed by atoms with Crippen molar-refractivity contribution in [1.82, 2.24) is 15.2 Å². The van der Waals surface area contributed by atoms with E-state index in [0.29, 0.717) is 17.2 Å². The number of aryl methyl sites for hydroxylation is 2. The first-order valence-corrected chi connectivity index (χ1v) is 10.9. The van der Waals surface area contributed by atoms with Crippen LogP contribution in [-0.4, -0.2) is 27.0 Å². The van der Waals surface area contributed by atoms with E-state index in [-0.39, 0.29) is 16.6 Å². The van der Waals surface area contributed by atoms with Crippen LogP contribution < -0.4 is 16.4 Å². The Morgan fingerprint density at radius 3 is 2.66 bits per heavy atom. The van der Waals surface area contributed by atoms with Gasteiger partial charge in [-0.3, -0.25) is 14.7 Å². The van der Waals surface area contributed by atoms with Gasteiger partial charge < -0.3 is 16.4 Å². The highest BCUT2D eigenvalue weighted by Crippen LogP contribution is 2.35. The Morgan fingerprint density at radius 1 is 1.09 bits per heavy atom. The molecule has 9 heteroatoms. The van der Waals surface area contributed by atoms with Gasteiger partial charge in [0.25, 0.3) is 11.8 Å². The number of H-pyrrole nitrogens is 1. The molecule has 1 aliphatic rings. The zero-order chi connectivity index (χ0) is 22.2. The fraction of sp³-hybridized carbons (Fsp3) is 0.130. The van der Waals surface area contributed by atoms with E-state index < -0.39 is 5.91 Å². The highest BCUT2D eigenvalue weighted by Gasteiger charge is 2.26. The van der Waals surface area contributed by atoms with E-state index in [1.807, 2.05) is 49.4 Å². The molecule has 5 rings (SSSR count). The number of fused-ring (bicyclic) bond motifs is 3. The quantitative estimate of drug-likeness (QED) is 0.370. The molecule has 0 spiro atoms. The third-order valence-corrected chi connectivity index (χ3v) is 6.29. The molecule has 2 aromatic carbocycles. The zero-order valence-corrected chi connectivity index (χ0v) is 18.0. The van der Waals surface area contributed by atoms with Crippen LogP contribution in [-0.2, 0) is 12.8 Å². The minimum absolute atomic E-state index is 0.0108. The Bertz CT molecular complexity index is 1340. The predicted molar refractivity (Wildman–Crippen MR) is 124 cm³/mol. The van der Waals surface area contributed by atoms with Crippen molar-refractivity contribution in [2.45, 2.75) is 19.8 Å². The van der Waals surface area contributed by atoms with Gasteiger partial charge >= 0.3 is 0 Å². The van der Waals surface area contributed by atoms with Crippen LogP contribution in [0.4, 0.5) is 15.8 Å². The average molecular weight is 445 g/mol. The van der Waals surface area contributed by atoms with E-state index in [1.54, 1.807) is 0 Å². The number of nitrogens with zero attached hydrogens (tertiary/aromatic N) is 2. The van der Waals surface area contributed by atoms with Crippen molar-refractivity contribution in [2.24, 2.45) is 5.73 Å². The van der Waals surface area contributed by atoms with E-state index in [0.717, 1.165) is 45.8 Å². The highest BCUT2D eigenvalue weighted by atomic mass is 32.1. The number of primary amides is 1. The third kappa shape index (κ3) is 3.63. The van der Waals surface area contributed by atoms with E-state index in [4.69, 9.17) is 5.73 Å². The summed E-state index contributed by atoms with van der Waals surface area (Å²) in [6.07, 6.45) is 1.54. The number of hydrogen-bond acceptors (Lipinski definition) is 6. The maximum atomic E-state index is 13.1. The summed E-state index contributed by atoms with van der Waals surface area (Å²) in [5.74, 6) is -1.10. The van der Waals surface area contributed by atoms with Crippen LogP contribution in [0, 0.1) is 6.92 Å². The van der Waals surface area contributed by atoms with E-state index in [1.165, 1.54) is 5.56 Å². The lowest BCUT2D eigenvalue weighted by atomic mass is 9.89. The number of nitrogens with one attached hydrogen (secondary N) is 3. The van der Waals surface area contributed by atoms with Gasteiger partial charge in [0, 0.05) is 16.8 Å². The summed E-state index contributed by atoms with van der Waals surface area (Å²) in [6.45, 7) is 2.00. The van der Waals surface area contributed by atoms with Gasteiger partial charge in [-0.25, -0.2) is 4.98 Å². The Morgan fingerprint density at radius 2 is 1.88 bits per heavy atom. The third-order valence-electron chi connectivity index (χ3n) is 5.40. The van der Waals surface area contributed by atoms with Crippen LogP contribution in [0.3, 0.4) is 0 Å².